The molecule has 0 aliphatic carbocycles. The van der Waals surface area contributed by atoms with Gasteiger partial charge in [0.25, 0.3) is 0 Å². The van der Waals surface area contributed by atoms with Gasteiger partial charge >= 0.3 is 0 Å². The Morgan fingerprint density at radius 1 is 1.22 bits per heavy atom. The summed E-state index contributed by atoms with van der Waals surface area (Å²) < 4.78 is 32.5. The zero-order chi connectivity index (χ0) is 19.1. The number of hydrogen-bond acceptors (Lipinski definition) is 4. The average Bonchev–Trinajstić information content (AvgIpc) is 3.26. The maximum absolute atomic E-state index is 13.6. The summed E-state index contributed by atoms with van der Waals surface area (Å²) in [6.45, 7) is 2.12. The number of amides is 1. The molecule has 4 rings (SSSR count). The second-order valence-corrected chi connectivity index (χ2v) is 6.83. The summed E-state index contributed by atoms with van der Waals surface area (Å²) in [5, 5.41) is 3.88. The predicted octanol–water partition coefficient (Wildman–Crippen LogP) is 4.50. The Morgan fingerprint density at radius 2 is 2.04 bits per heavy atom. The standard InChI is InChI=1S/C19H14ClF2N3O2/c1-10-2-4-13(21)8-16(10)25-9-12(7-17(25)26)19-23-18(24-27-19)11-3-5-14(20)15(22)6-11/h2-6,8,12H,7,9H2,1H3. The van der Waals surface area contributed by atoms with E-state index in [1.807, 2.05) is 6.92 Å². The maximum atomic E-state index is 13.6. The third kappa shape index (κ3) is 3.30. The van der Waals surface area contributed by atoms with Gasteiger partial charge in [-0.15, -0.1) is 0 Å². The van der Waals surface area contributed by atoms with Crippen molar-refractivity contribution in [2.45, 2.75) is 19.3 Å². The van der Waals surface area contributed by atoms with Crippen molar-refractivity contribution in [1.82, 2.24) is 10.1 Å². The van der Waals surface area contributed by atoms with E-state index in [9.17, 15) is 13.6 Å². The van der Waals surface area contributed by atoms with E-state index in [0.29, 0.717) is 17.8 Å². The minimum atomic E-state index is -0.579. The van der Waals surface area contributed by atoms with Crippen molar-refractivity contribution in [1.29, 1.82) is 0 Å². The number of benzene rings is 2. The lowest BCUT2D eigenvalue weighted by Gasteiger charge is -2.18. The number of hydrogen-bond donors (Lipinski definition) is 0. The van der Waals surface area contributed by atoms with E-state index >= 15 is 0 Å². The van der Waals surface area contributed by atoms with E-state index in [1.54, 1.807) is 12.1 Å². The lowest BCUT2D eigenvalue weighted by molar-refractivity contribution is -0.117. The van der Waals surface area contributed by atoms with Crippen molar-refractivity contribution in [2.75, 3.05) is 11.4 Å². The van der Waals surface area contributed by atoms with Crippen LogP contribution in [0.5, 0.6) is 0 Å². The SMILES string of the molecule is Cc1ccc(F)cc1N1CC(c2nc(-c3ccc(Cl)c(F)c3)no2)CC1=O. The Labute approximate surface area is 158 Å². The number of halogens is 3. The van der Waals surface area contributed by atoms with Gasteiger partial charge in [0, 0.05) is 24.2 Å². The summed E-state index contributed by atoms with van der Waals surface area (Å²) in [4.78, 5) is 18.2. The predicted molar refractivity (Wildman–Crippen MR) is 95.6 cm³/mol. The molecule has 5 nitrogen and oxygen atoms in total. The second-order valence-electron chi connectivity index (χ2n) is 6.42. The molecule has 138 valence electrons. The number of anilines is 1. The van der Waals surface area contributed by atoms with Crippen molar-refractivity contribution in [2.24, 2.45) is 0 Å². The zero-order valence-corrected chi connectivity index (χ0v) is 15.0. The first-order chi connectivity index (χ1) is 12.9. The molecule has 1 saturated heterocycles. The number of rotatable bonds is 3. The fraction of sp³-hybridized carbons (Fsp3) is 0.211. The second kappa shape index (κ2) is 6.74. The molecule has 0 saturated carbocycles. The highest BCUT2D eigenvalue weighted by Crippen LogP contribution is 2.34. The Balaban J connectivity index is 1.58. The molecule has 1 aliphatic rings. The highest BCUT2D eigenvalue weighted by atomic mass is 35.5. The average molecular weight is 390 g/mol. The fourth-order valence-electron chi connectivity index (χ4n) is 3.13. The Bertz CT molecular complexity index is 1040. The highest BCUT2D eigenvalue weighted by molar-refractivity contribution is 6.30. The number of aromatic nitrogens is 2. The molecule has 27 heavy (non-hydrogen) atoms. The Morgan fingerprint density at radius 3 is 2.81 bits per heavy atom. The summed E-state index contributed by atoms with van der Waals surface area (Å²) in [7, 11) is 0. The lowest BCUT2D eigenvalue weighted by Crippen LogP contribution is -2.25. The van der Waals surface area contributed by atoms with E-state index in [0.717, 1.165) is 5.56 Å². The smallest absolute Gasteiger partial charge is 0.232 e. The summed E-state index contributed by atoms with van der Waals surface area (Å²) in [5.41, 5.74) is 1.75. The summed E-state index contributed by atoms with van der Waals surface area (Å²) in [5.74, 6) is -0.954. The molecule has 0 spiro atoms. The third-order valence-electron chi connectivity index (χ3n) is 4.56. The number of carbonyl (C=O) groups is 1. The molecule has 1 fully saturated rings. The van der Waals surface area contributed by atoms with Gasteiger partial charge in [0.15, 0.2) is 0 Å². The molecule has 1 unspecified atom stereocenters. The molecule has 0 N–H and O–H groups in total. The number of nitrogens with zero attached hydrogens (tertiary/aromatic N) is 3. The van der Waals surface area contributed by atoms with Crippen LogP contribution >= 0.6 is 11.6 Å². The van der Waals surface area contributed by atoms with Crippen LogP contribution in [0.15, 0.2) is 40.9 Å². The molecule has 2 heterocycles. The first kappa shape index (κ1) is 17.6. The molecular weight excluding hydrogens is 376 g/mol. The minimum Gasteiger partial charge on any atom is -0.339 e. The molecule has 0 bridgehead atoms. The topological polar surface area (TPSA) is 59.2 Å². The highest BCUT2D eigenvalue weighted by Gasteiger charge is 2.36. The molecule has 2 aromatic carbocycles. The van der Waals surface area contributed by atoms with Gasteiger partial charge in [-0.2, -0.15) is 4.98 Å². The van der Waals surface area contributed by atoms with Crippen LogP contribution in [0.25, 0.3) is 11.4 Å². The molecule has 1 atom stereocenters. The van der Waals surface area contributed by atoms with Gasteiger partial charge < -0.3 is 9.42 Å². The van der Waals surface area contributed by atoms with Gasteiger partial charge in [-0.3, -0.25) is 4.79 Å². The van der Waals surface area contributed by atoms with Crippen LogP contribution in [0.2, 0.25) is 5.02 Å². The van der Waals surface area contributed by atoms with Gasteiger partial charge in [0.05, 0.1) is 10.9 Å². The van der Waals surface area contributed by atoms with Crippen molar-refractivity contribution in [3.63, 3.8) is 0 Å². The van der Waals surface area contributed by atoms with Gasteiger partial charge in [0.1, 0.15) is 11.6 Å². The Kier molecular flexibility index (Phi) is 4.39. The van der Waals surface area contributed by atoms with Gasteiger partial charge in [0.2, 0.25) is 17.6 Å². The van der Waals surface area contributed by atoms with E-state index in [-0.39, 0.29) is 35.0 Å². The van der Waals surface area contributed by atoms with Crippen LogP contribution in [0.3, 0.4) is 0 Å². The Hall–Kier alpha value is -2.80. The van der Waals surface area contributed by atoms with E-state index in [2.05, 4.69) is 10.1 Å². The van der Waals surface area contributed by atoms with Crippen molar-refractivity contribution >= 4 is 23.2 Å². The number of aryl methyl sites for hydroxylation is 1. The van der Waals surface area contributed by atoms with Crippen LogP contribution in [0.4, 0.5) is 14.5 Å². The monoisotopic (exact) mass is 389 g/mol. The van der Waals surface area contributed by atoms with Gasteiger partial charge in [-0.25, -0.2) is 8.78 Å². The number of carbonyl (C=O) groups excluding carboxylic acids is 1. The molecule has 1 aromatic heterocycles. The molecule has 0 radical (unpaired) electrons. The normalized spacial score (nSPS) is 17.0. The summed E-state index contributed by atoms with van der Waals surface area (Å²) in [6.07, 6.45) is 0.173. The molecule has 3 aromatic rings. The van der Waals surface area contributed by atoms with Gasteiger partial charge in [-0.05, 0) is 42.8 Å². The zero-order valence-electron chi connectivity index (χ0n) is 14.2. The van der Waals surface area contributed by atoms with Crippen LogP contribution < -0.4 is 4.90 Å². The lowest BCUT2D eigenvalue weighted by atomic mass is 10.1. The van der Waals surface area contributed by atoms with Crippen molar-refractivity contribution < 1.29 is 18.1 Å². The molecule has 8 heteroatoms. The van der Waals surface area contributed by atoms with Gasteiger partial charge in [-0.1, -0.05) is 22.8 Å². The van der Waals surface area contributed by atoms with Crippen LogP contribution in [-0.4, -0.2) is 22.6 Å². The van der Waals surface area contributed by atoms with Crippen LogP contribution in [0, 0.1) is 18.6 Å². The van der Waals surface area contributed by atoms with Crippen LogP contribution in [0.1, 0.15) is 23.8 Å². The van der Waals surface area contributed by atoms with Crippen LogP contribution in [-0.2, 0) is 4.79 Å². The first-order valence-electron chi connectivity index (χ1n) is 8.28. The third-order valence-corrected chi connectivity index (χ3v) is 4.86. The minimum absolute atomic E-state index is 0.00460. The van der Waals surface area contributed by atoms with E-state index in [1.165, 1.54) is 29.2 Å². The quantitative estimate of drug-likeness (QED) is 0.662. The molecule has 1 amide bonds. The largest absolute Gasteiger partial charge is 0.339 e. The molecular formula is C19H14ClF2N3O2. The first-order valence-corrected chi connectivity index (χ1v) is 8.65. The summed E-state index contributed by atoms with van der Waals surface area (Å²) >= 11 is 5.68. The van der Waals surface area contributed by atoms with E-state index in [4.69, 9.17) is 16.1 Å². The fourth-order valence-corrected chi connectivity index (χ4v) is 3.25. The van der Waals surface area contributed by atoms with E-state index < -0.39 is 11.6 Å². The molecule has 1 aliphatic heterocycles. The van der Waals surface area contributed by atoms with Crippen molar-refractivity contribution in [3.05, 3.63) is 64.5 Å². The maximum Gasteiger partial charge on any atom is 0.232 e. The van der Waals surface area contributed by atoms with Crippen molar-refractivity contribution in [3.8, 4) is 11.4 Å². The summed E-state index contributed by atoms with van der Waals surface area (Å²) in [6, 6.07) is 8.54.